The van der Waals surface area contributed by atoms with Crippen molar-refractivity contribution in [1.29, 1.82) is 0 Å². The fraction of sp³-hybridized carbons (Fsp3) is 0.917. The van der Waals surface area contributed by atoms with E-state index in [1.807, 2.05) is 4.68 Å². The molecule has 0 aliphatic heterocycles. The van der Waals surface area contributed by atoms with E-state index in [0.29, 0.717) is 6.54 Å². The summed E-state index contributed by atoms with van der Waals surface area (Å²) in [6.07, 6.45) is 10.6. The second kappa shape index (κ2) is 9.10. The largest absolute Gasteiger partial charge is 0.324 e. The molecule has 0 aromatic carbocycles. The van der Waals surface area contributed by atoms with Gasteiger partial charge in [0.2, 0.25) is 0 Å². The van der Waals surface area contributed by atoms with E-state index in [2.05, 4.69) is 22.4 Å². The number of hydrogen-bond acceptors (Lipinski definition) is 4. The van der Waals surface area contributed by atoms with Gasteiger partial charge in [-0.2, -0.15) is 0 Å². The summed E-state index contributed by atoms with van der Waals surface area (Å²) in [5.74, 6) is 0.785. The van der Waals surface area contributed by atoms with Gasteiger partial charge in [0.1, 0.15) is 0 Å². The van der Waals surface area contributed by atoms with Crippen LogP contribution in [0, 0.1) is 0 Å². The predicted octanol–water partition coefficient (Wildman–Crippen LogP) is 2.27. The minimum Gasteiger partial charge on any atom is -0.324 e. The number of tetrazole rings is 1. The van der Waals surface area contributed by atoms with E-state index in [1.54, 1.807) is 0 Å². The number of aromatic nitrogens is 4. The number of unbranched alkanes of at least 4 members (excludes halogenated alkanes) is 7. The van der Waals surface area contributed by atoms with E-state index in [0.717, 1.165) is 18.8 Å². The van der Waals surface area contributed by atoms with Gasteiger partial charge in [0.05, 0.1) is 6.54 Å². The molecule has 1 heterocycles. The monoisotopic (exact) mass is 239 g/mol. The zero-order valence-corrected chi connectivity index (χ0v) is 10.9. The summed E-state index contributed by atoms with van der Waals surface area (Å²) in [5.41, 5.74) is 5.53. The van der Waals surface area contributed by atoms with E-state index in [1.165, 1.54) is 44.9 Å². The average Bonchev–Trinajstić information content (AvgIpc) is 2.80. The number of nitrogens with zero attached hydrogens (tertiary/aromatic N) is 4. The van der Waals surface area contributed by atoms with Crippen LogP contribution in [0.1, 0.15) is 64.1 Å². The Morgan fingerprint density at radius 1 is 1.00 bits per heavy atom. The summed E-state index contributed by atoms with van der Waals surface area (Å²) in [6.45, 7) is 3.57. The molecule has 0 aliphatic carbocycles. The molecule has 0 saturated heterocycles. The van der Waals surface area contributed by atoms with Crippen molar-refractivity contribution in [3.8, 4) is 0 Å². The molecule has 98 valence electrons. The first-order valence-electron chi connectivity index (χ1n) is 6.83. The van der Waals surface area contributed by atoms with Gasteiger partial charge in [0.15, 0.2) is 5.82 Å². The molecule has 0 fully saturated rings. The normalized spacial score (nSPS) is 10.9. The van der Waals surface area contributed by atoms with E-state index in [4.69, 9.17) is 5.73 Å². The smallest absolute Gasteiger partial charge is 0.164 e. The molecule has 2 N–H and O–H groups in total. The van der Waals surface area contributed by atoms with Crippen LogP contribution in [-0.4, -0.2) is 20.2 Å². The van der Waals surface area contributed by atoms with Gasteiger partial charge < -0.3 is 5.73 Å². The van der Waals surface area contributed by atoms with Crippen molar-refractivity contribution in [3.63, 3.8) is 0 Å². The Morgan fingerprint density at radius 3 is 2.29 bits per heavy atom. The lowest BCUT2D eigenvalue weighted by molar-refractivity contribution is 0.499. The summed E-state index contributed by atoms with van der Waals surface area (Å²) in [7, 11) is 0. The van der Waals surface area contributed by atoms with Crippen molar-refractivity contribution in [1.82, 2.24) is 20.2 Å². The Bertz CT molecular complexity index is 284. The maximum Gasteiger partial charge on any atom is 0.164 e. The van der Waals surface area contributed by atoms with Crippen molar-refractivity contribution in [3.05, 3.63) is 5.82 Å². The third-order valence-electron chi connectivity index (χ3n) is 3.01. The SMILES string of the molecule is CCCCCCCCCCn1nnnc1CN. The average molecular weight is 239 g/mol. The first-order valence-corrected chi connectivity index (χ1v) is 6.83. The summed E-state index contributed by atoms with van der Waals surface area (Å²) >= 11 is 0. The molecule has 0 radical (unpaired) electrons. The molecular weight excluding hydrogens is 214 g/mol. The highest BCUT2D eigenvalue weighted by Crippen LogP contribution is 2.09. The molecule has 0 unspecified atom stereocenters. The lowest BCUT2D eigenvalue weighted by Gasteiger charge is -2.03. The highest BCUT2D eigenvalue weighted by molar-refractivity contribution is 4.77. The quantitative estimate of drug-likeness (QED) is 0.636. The van der Waals surface area contributed by atoms with Crippen LogP contribution in [0.25, 0.3) is 0 Å². The highest BCUT2D eigenvalue weighted by atomic mass is 15.5. The molecule has 0 aliphatic rings. The Kier molecular flexibility index (Phi) is 7.54. The molecule has 5 heteroatoms. The molecule has 1 aromatic heterocycles. The number of hydrogen-bond donors (Lipinski definition) is 1. The summed E-state index contributed by atoms with van der Waals surface area (Å²) in [4.78, 5) is 0. The molecule has 1 aromatic rings. The maximum absolute atomic E-state index is 5.53. The lowest BCUT2D eigenvalue weighted by Crippen LogP contribution is -2.10. The first kappa shape index (κ1) is 14.1. The zero-order chi connectivity index (χ0) is 12.3. The number of aryl methyl sites for hydroxylation is 1. The molecule has 17 heavy (non-hydrogen) atoms. The van der Waals surface area contributed by atoms with Crippen LogP contribution in [0.2, 0.25) is 0 Å². The van der Waals surface area contributed by atoms with Crippen LogP contribution in [-0.2, 0) is 13.1 Å². The van der Waals surface area contributed by atoms with Crippen molar-refractivity contribution in [2.75, 3.05) is 0 Å². The van der Waals surface area contributed by atoms with Crippen LogP contribution in [0.4, 0.5) is 0 Å². The molecule has 1 rings (SSSR count). The molecule has 0 spiro atoms. The van der Waals surface area contributed by atoms with E-state index >= 15 is 0 Å². The van der Waals surface area contributed by atoms with E-state index in [9.17, 15) is 0 Å². The number of rotatable bonds is 10. The van der Waals surface area contributed by atoms with Gasteiger partial charge in [-0.3, -0.25) is 0 Å². The minimum atomic E-state index is 0.421. The molecule has 0 amide bonds. The molecule has 0 saturated carbocycles. The van der Waals surface area contributed by atoms with Gasteiger partial charge in [0, 0.05) is 6.54 Å². The van der Waals surface area contributed by atoms with E-state index in [-0.39, 0.29) is 0 Å². The fourth-order valence-electron chi connectivity index (χ4n) is 1.94. The van der Waals surface area contributed by atoms with Crippen LogP contribution >= 0.6 is 0 Å². The molecule has 0 atom stereocenters. The van der Waals surface area contributed by atoms with Crippen molar-refractivity contribution in [2.45, 2.75) is 71.4 Å². The van der Waals surface area contributed by atoms with Crippen molar-refractivity contribution >= 4 is 0 Å². The maximum atomic E-state index is 5.53. The molecule has 0 bridgehead atoms. The second-order valence-electron chi connectivity index (χ2n) is 4.50. The predicted molar refractivity (Wildman–Crippen MR) is 68.3 cm³/mol. The van der Waals surface area contributed by atoms with Crippen LogP contribution < -0.4 is 5.73 Å². The third kappa shape index (κ3) is 5.77. The van der Waals surface area contributed by atoms with E-state index < -0.39 is 0 Å². The van der Waals surface area contributed by atoms with Crippen LogP contribution in [0.15, 0.2) is 0 Å². The minimum absolute atomic E-state index is 0.421. The van der Waals surface area contributed by atoms with Gasteiger partial charge in [-0.1, -0.05) is 51.9 Å². The third-order valence-corrected chi connectivity index (χ3v) is 3.01. The summed E-state index contributed by atoms with van der Waals surface area (Å²) < 4.78 is 1.82. The molecule has 5 nitrogen and oxygen atoms in total. The van der Waals surface area contributed by atoms with Gasteiger partial charge >= 0.3 is 0 Å². The standard InChI is InChI=1S/C12H25N5/c1-2-3-4-5-6-7-8-9-10-17-12(11-13)14-15-16-17/h2-11,13H2,1H3. The van der Waals surface area contributed by atoms with Gasteiger partial charge in [-0.05, 0) is 16.8 Å². The second-order valence-corrected chi connectivity index (χ2v) is 4.50. The van der Waals surface area contributed by atoms with Crippen molar-refractivity contribution < 1.29 is 0 Å². The fourth-order valence-corrected chi connectivity index (χ4v) is 1.94. The lowest BCUT2D eigenvalue weighted by atomic mass is 10.1. The Morgan fingerprint density at radius 2 is 1.65 bits per heavy atom. The zero-order valence-electron chi connectivity index (χ0n) is 10.9. The van der Waals surface area contributed by atoms with Gasteiger partial charge in [-0.15, -0.1) is 5.10 Å². The highest BCUT2D eigenvalue weighted by Gasteiger charge is 2.02. The van der Waals surface area contributed by atoms with Crippen LogP contribution in [0.5, 0.6) is 0 Å². The van der Waals surface area contributed by atoms with Crippen LogP contribution in [0.3, 0.4) is 0 Å². The Labute approximate surface area is 104 Å². The van der Waals surface area contributed by atoms with Gasteiger partial charge in [-0.25, -0.2) is 4.68 Å². The number of nitrogens with two attached hydrogens (primary N) is 1. The topological polar surface area (TPSA) is 69.6 Å². The summed E-state index contributed by atoms with van der Waals surface area (Å²) in [5, 5.41) is 11.4. The first-order chi connectivity index (χ1) is 8.38. The Balaban J connectivity index is 1.97. The van der Waals surface area contributed by atoms with Crippen molar-refractivity contribution in [2.24, 2.45) is 5.73 Å². The summed E-state index contributed by atoms with van der Waals surface area (Å²) in [6, 6.07) is 0. The molecular formula is C12H25N5. The Hall–Kier alpha value is -0.970. The van der Waals surface area contributed by atoms with Gasteiger partial charge in [0.25, 0.3) is 0 Å².